The van der Waals surface area contributed by atoms with Crippen molar-refractivity contribution in [1.82, 2.24) is 9.27 Å². The third kappa shape index (κ3) is 4.40. The van der Waals surface area contributed by atoms with Gasteiger partial charge in [-0.25, -0.2) is 0 Å². The normalized spacial score (nSPS) is 15.6. The summed E-state index contributed by atoms with van der Waals surface area (Å²) in [6.07, 6.45) is 3.43. The summed E-state index contributed by atoms with van der Waals surface area (Å²) in [4.78, 5) is 29.2. The van der Waals surface area contributed by atoms with Crippen LogP contribution in [0.2, 0.25) is 9.36 Å². The number of carbonyl (C=O) groups is 2. The maximum absolute atomic E-state index is 14.1. The highest BCUT2D eigenvalue weighted by Crippen LogP contribution is 2.47. The van der Waals surface area contributed by atoms with Crippen LogP contribution in [-0.4, -0.2) is 28.2 Å². The number of benzene rings is 2. The summed E-state index contributed by atoms with van der Waals surface area (Å²) in [6.45, 7) is 0.149. The molecule has 1 atom stereocenters. The molecule has 1 aromatic heterocycles. The maximum Gasteiger partial charge on any atom is 0.276 e. The number of ether oxygens (including phenoxy) is 1. The summed E-state index contributed by atoms with van der Waals surface area (Å²) in [5.41, 5.74) is 6.32. The number of hydrogen-bond donors (Lipinski definition) is 1. The van der Waals surface area contributed by atoms with Crippen LogP contribution < -0.4 is 10.5 Å². The molecule has 9 heteroatoms. The lowest BCUT2D eigenvalue weighted by molar-refractivity contribution is -0.133. The number of hydrogen-bond acceptors (Lipinski definition) is 5. The highest BCUT2D eigenvalue weighted by atomic mass is 35.5. The molecule has 1 heterocycles. The molecule has 0 aliphatic heterocycles. The van der Waals surface area contributed by atoms with Gasteiger partial charge in [0.15, 0.2) is 5.69 Å². The molecule has 2 amide bonds. The number of carbonyl (C=O) groups excluding carboxylic acids is 2. The first-order valence-corrected chi connectivity index (χ1v) is 12.5. The van der Waals surface area contributed by atoms with E-state index in [0.29, 0.717) is 11.3 Å². The summed E-state index contributed by atoms with van der Waals surface area (Å²) in [7, 11) is 1.58. The van der Waals surface area contributed by atoms with Gasteiger partial charge >= 0.3 is 0 Å². The second-order valence-electron chi connectivity index (χ2n) is 8.34. The zero-order chi connectivity index (χ0) is 24.3. The molecule has 178 valence electrons. The molecule has 6 nitrogen and oxygen atoms in total. The predicted octanol–water partition coefficient (Wildman–Crippen LogP) is 5.67. The molecule has 2 N–H and O–H groups in total. The Balaban J connectivity index is 1.95. The van der Waals surface area contributed by atoms with Crippen molar-refractivity contribution >= 4 is 46.5 Å². The van der Waals surface area contributed by atoms with Crippen LogP contribution in [0.3, 0.4) is 0 Å². The van der Waals surface area contributed by atoms with Crippen molar-refractivity contribution in [3.8, 4) is 5.75 Å². The highest BCUT2D eigenvalue weighted by molar-refractivity contribution is 7.11. The zero-order valence-electron chi connectivity index (χ0n) is 18.7. The lowest BCUT2D eigenvalue weighted by atomic mass is 9.74. The van der Waals surface area contributed by atoms with Gasteiger partial charge in [-0.15, -0.1) is 0 Å². The number of primary amides is 1. The third-order valence-electron chi connectivity index (χ3n) is 6.51. The van der Waals surface area contributed by atoms with Crippen molar-refractivity contribution in [2.24, 2.45) is 11.7 Å². The molecule has 1 saturated carbocycles. The number of halogens is 2. The van der Waals surface area contributed by atoms with Gasteiger partial charge in [-0.2, -0.15) is 4.37 Å². The molecule has 4 rings (SSSR count). The van der Waals surface area contributed by atoms with Crippen molar-refractivity contribution in [3.05, 3.63) is 80.8 Å². The molecule has 1 aliphatic rings. The van der Waals surface area contributed by atoms with E-state index in [9.17, 15) is 9.59 Å². The summed E-state index contributed by atoms with van der Waals surface area (Å²) in [5, 5.41) is 0.0780. The molecule has 1 fully saturated rings. The Morgan fingerprint density at radius 2 is 1.76 bits per heavy atom. The highest BCUT2D eigenvalue weighted by Gasteiger charge is 2.53. The van der Waals surface area contributed by atoms with Gasteiger partial charge in [0.1, 0.15) is 20.6 Å². The minimum Gasteiger partial charge on any atom is -0.497 e. The van der Waals surface area contributed by atoms with Gasteiger partial charge in [-0.3, -0.25) is 9.59 Å². The number of nitrogens with zero attached hydrogens (tertiary/aromatic N) is 2. The molecule has 3 aromatic rings. The summed E-state index contributed by atoms with van der Waals surface area (Å²) in [6, 6.07) is 16.7. The van der Waals surface area contributed by atoms with Gasteiger partial charge in [0, 0.05) is 6.54 Å². The fourth-order valence-electron chi connectivity index (χ4n) is 4.92. The molecule has 2 aromatic carbocycles. The van der Waals surface area contributed by atoms with E-state index in [4.69, 9.17) is 33.7 Å². The molecule has 0 spiro atoms. The maximum atomic E-state index is 14.1. The van der Waals surface area contributed by atoms with E-state index in [0.717, 1.165) is 42.8 Å². The minimum atomic E-state index is -1.41. The lowest BCUT2D eigenvalue weighted by Gasteiger charge is -2.46. The Morgan fingerprint density at radius 3 is 2.29 bits per heavy atom. The molecule has 1 unspecified atom stereocenters. The molecule has 0 saturated heterocycles. The molecule has 0 radical (unpaired) electrons. The average Bonchev–Trinajstić information content (AvgIpc) is 3.50. The van der Waals surface area contributed by atoms with Crippen molar-refractivity contribution in [3.63, 3.8) is 0 Å². The molecular formula is C25H25Cl2N3O3S. The average molecular weight is 518 g/mol. The summed E-state index contributed by atoms with van der Waals surface area (Å²) < 4.78 is 9.76. The minimum absolute atomic E-state index is 0.0183. The molecule has 34 heavy (non-hydrogen) atoms. The Labute approximate surface area is 212 Å². The SMILES string of the molecule is COc1ccc(C(C(N)=O)(C2CCCC2)N(Cc2ccccc2)C(=O)c2nsc(Cl)c2Cl)cc1. The van der Waals surface area contributed by atoms with Gasteiger partial charge < -0.3 is 15.4 Å². The van der Waals surface area contributed by atoms with Gasteiger partial charge in [-0.05, 0) is 53.6 Å². The van der Waals surface area contributed by atoms with E-state index in [2.05, 4.69) is 4.37 Å². The number of nitrogens with two attached hydrogens (primary N) is 1. The summed E-state index contributed by atoms with van der Waals surface area (Å²) in [5.74, 6) is -0.604. The molecular weight excluding hydrogens is 493 g/mol. The van der Waals surface area contributed by atoms with E-state index in [1.54, 1.807) is 24.1 Å². The second kappa shape index (κ2) is 10.3. The van der Waals surface area contributed by atoms with Crippen molar-refractivity contribution in [1.29, 1.82) is 0 Å². The monoisotopic (exact) mass is 517 g/mol. The molecule has 1 aliphatic carbocycles. The first-order valence-electron chi connectivity index (χ1n) is 11.0. The smallest absolute Gasteiger partial charge is 0.276 e. The largest absolute Gasteiger partial charge is 0.497 e. The van der Waals surface area contributed by atoms with Crippen molar-refractivity contribution in [2.75, 3.05) is 7.11 Å². The van der Waals surface area contributed by atoms with E-state index in [1.807, 2.05) is 42.5 Å². The Bertz CT molecular complexity index is 1160. The van der Waals surface area contributed by atoms with Crippen LogP contribution in [0.1, 0.15) is 47.3 Å². The van der Waals surface area contributed by atoms with Crippen LogP contribution in [-0.2, 0) is 16.9 Å². The Morgan fingerprint density at radius 1 is 1.12 bits per heavy atom. The van der Waals surface area contributed by atoms with Crippen molar-refractivity contribution < 1.29 is 14.3 Å². The Kier molecular flexibility index (Phi) is 7.45. The standard InChI is InChI=1S/C25H25Cl2N3O3S/c1-33-19-13-11-18(12-14-19)25(24(28)32,17-9-5-6-10-17)30(15-16-7-3-2-4-8-16)23(31)21-20(26)22(27)34-29-21/h2-4,7-8,11-14,17H,5-6,9-10,15H2,1H3,(H2,28,32). The van der Waals surface area contributed by atoms with Crippen LogP contribution in [0, 0.1) is 5.92 Å². The topological polar surface area (TPSA) is 85.5 Å². The van der Waals surface area contributed by atoms with E-state index >= 15 is 0 Å². The summed E-state index contributed by atoms with van der Waals surface area (Å²) >= 11 is 13.4. The third-order valence-corrected chi connectivity index (χ3v) is 8.12. The van der Waals surface area contributed by atoms with Crippen LogP contribution in [0.5, 0.6) is 5.75 Å². The van der Waals surface area contributed by atoms with Crippen LogP contribution >= 0.6 is 34.7 Å². The quantitative estimate of drug-likeness (QED) is 0.416. The Hall–Kier alpha value is -2.61. The van der Waals surface area contributed by atoms with Crippen LogP contribution in [0.25, 0.3) is 0 Å². The number of aromatic nitrogens is 1. The van der Waals surface area contributed by atoms with Gasteiger partial charge in [0.25, 0.3) is 5.91 Å². The van der Waals surface area contributed by atoms with Crippen LogP contribution in [0.4, 0.5) is 0 Å². The first kappa shape index (κ1) is 24.5. The fraction of sp³-hybridized carbons (Fsp3) is 0.320. The molecule has 0 bridgehead atoms. The van der Waals surface area contributed by atoms with Crippen molar-refractivity contribution in [2.45, 2.75) is 37.8 Å². The second-order valence-corrected chi connectivity index (χ2v) is 10.1. The number of methoxy groups -OCH3 is 1. The lowest BCUT2D eigenvalue weighted by Crippen LogP contribution is -2.60. The van der Waals surface area contributed by atoms with E-state index < -0.39 is 17.4 Å². The van der Waals surface area contributed by atoms with E-state index in [-0.39, 0.29) is 27.5 Å². The fourth-order valence-corrected chi connectivity index (χ4v) is 5.91. The zero-order valence-corrected chi connectivity index (χ0v) is 21.0. The number of amides is 2. The van der Waals surface area contributed by atoms with Crippen LogP contribution in [0.15, 0.2) is 54.6 Å². The first-order chi connectivity index (χ1) is 16.4. The number of rotatable bonds is 8. The van der Waals surface area contributed by atoms with E-state index in [1.165, 1.54) is 0 Å². The van der Waals surface area contributed by atoms with Gasteiger partial charge in [-0.1, -0.05) is 78.5 Å². The van der Waals surface area contributed by atoms with Gasteiger partial charge in [0.2, 0.25) is 5.91 Å². The predicted molar refractivity (Wildman–Crippen MR) is 134 cm³/mol. The van der Waals surface area contributed by atoms with Gasteiger partial charge in [0.05, 0.1) is 7.11 Å².